The number of nitrogens with zero attached hydrogens (tertiary/aromatic N) is 2. The summed E-state index contributed by atoms with van der Waals surface area (Å²) in [5.74, 6) is -1.18. The summed E-state index contributed by atoms with van der Waals surface area (Å²) in [6.07, 6.45) is 4.11. The molecule has 36 heavy (non-hydrogen) atoms. The topological polar surface area (TPSA) is 93.5 Å². The number of aliphatic carboxylic acids is 1. The minimum absolute atomic E-state index is 0.0133. The van der Waals surface area contributed by atoms with Crippen LogP contribution in [0.2, 0.25) is 0 Å². The van der Waals surface area contributed by atoms with Crippen LogP contribution in [0.1, 0.15) is 22.4 Å². The Hall–Kier alpha value is -4.65. The van der Waals surface area contributed by atoms with Crippen molar-refractivity contribution in [2.45, 2.75) is 18.0 Å². The molecule has 7 heteroatoms. The number of benzene rings is 3. The number of ether oxygens (including phenoxy) is 1. The van der Waals surface area contributed by atoms with Crippen LogP contribution in [0.15, 0.2) is 116 Å². The SMILES string of the molecule is C=CCOC(=O)N[C@@H](Cc1cn(C(c2ccccc2)(c2ccccc2)c2ccccc2)cn1)C(=O)O. The van der Waals surface area contributed by atoms with E-state index in [0.717, 1.165) is 16.7 Å². The van der Waals surface area contributed by atoms with E-state index in [1.165, 1.54) is 6.08 Å². The first-order chi connectivity index (χ1) is 17.6. The van der Waals surface area contributed by atoms with Gasteiger partial charge in [0.1, 0.15) is 18.2 Å². The zero-order chi connectivity index (χ0) is 25.4. The zero-order valence-corrected chi connectivity index (χ0v) is 19.7. The van der Waals surface area contributed by atoms with Gasteiger partial charge in [-0.05, 0) is 16.7 Å². The van der Waals surface area contributed by atoms with E-state index in [1.807, 2.05) is 65.4 Å². The van der Waals surface area contributed by atoms with Gasteiger partial charge in [-0.25, -0.2) is 14.6 Å². The number of hydrogen-bond donors (Lipinski definition) is 2. The van der Waals surface area contributed by atoms with Gasteiger partial charge in [-0.1, -0.05) is 104 Å². The van der Waals surface area contributed by atoms with Gasteiger partial charge in [-0.3, -0.25) is 0 Å². The van der Waals surface area contributed by atoms with Gasteiger partial charge in [0.15, 0.2) is 0 Å². The van der Waals surface area contributed by atoms with Crippen LogP contribution < -0.4 is 5.32 Å². The second-order valence-corrected chi connectivity index (χ2v) is 8.21. The maximum atomic E-state index is 12.0. The molecule has 1 heterocycles. The first-order valence-corrected chi connectivity index (χ1v) is 11.5. The molecule has 0 aliphatic rings. The molecule has 0 spiro atoms. The molecule has 4 aromatic rings. The maximum Gasteiger partial charge on any atom is 0.408 e. The predicted molar refractivity (Wildman–Crippen MR) is 137 cm³/mol. The Morgan fingerprint density at radius 2 is 1.44 bits per heavy atom. The van der Waals surface area contributed by atoms with E-state index in [4.69, 9.17) is 4.74 Å². The number of amides is 1. The maximum absolute atomic E-state index is 12.0. The van der Waals surface area contributed by atoms with Crippen molar-refractivity contribution in [3.05, 3.63) is 139 Å². The third-order valence-corrected chi connectivity index (χ3v) is 5.93. The van der Waals surface area contributed by atoms with Crippen molar-refractivity contribution >= 4 is 12.1 Å². The predicted octanol–water partition coefficient (Wildman–Crippen LogP) is 4.63. The van der Waals surface area contributed by atoms with Crippen molar-refractivity contribution in [3.8, 4) is 0 Å². The minimum Gasteiger partial charge on any atom is -0.480 e. The first kappa shape index (κ1) is 24.5. The smallest absolute Gasteiger partial charge is 0.408 e. The molecular formula is C29H27N3O4. The Balaban J connectivity index is 1.80. The molecule has 0 bridgehead atoms. The van der Waals surface area contributed by atoms with Crippen molar-refractivity contribution in [2.75, 3.05) is 6.61 Å². The van der Waals surface area contributed by atoms with Crippen molar-refractivity contribution in [1.82, 2.24) is 14.9 Å². The van der Waals surface area contributed by atoms with E-state index in [2.05, 4.69) is 53.3 Å². The van der Waals surface area contributed by atoms with E-state index in [9.17, 15) is 14.7 Å². The average molecular weight is 482 g/mol. The fourth-order valence-electron chi connectivity index (χ4n) is 4.37. The third-order valence-electron chi connectivity index (χ3n) is 5.93. The molecule has 2 N–H and O–H groups in total. The van der Waals surface area contributed by atoms with Crippen LogP contribution in [-0.2, 0) is 21.5 Å². The van der Waals surface area contributed by atoms with Gasteiger partial charge < -0.3 is 19.7 Å². The molecule has 0 aliphatic heterocycles. The van der Waals surface area contributed by atoms with Gasteiger partial charge in [0.05, 0.1) is 12.0 Å². The molecule has 0 radical (unpaired) electrons. The fraction of sp³-hybridized carbons (Fsp3) is 0.138. The van der Waals surface area contributed by atoms with Crippen LogP contribution in [0.3, 0.4) is 0 Å². The van der Waals surface area contributed by atoms with E-state index < -0.39 is 23.6 Å². The number of hydrogen-bond acceptors (Lipinski definition) is 4. The molecule has 0 saturated heterocycles. The van der Waals surface area contributed by atoms with Crippen molar-refractivity contribution < 1.29 is 19.4 Å². The monoisotopic (exact) mass is 481 g/mol. The normalized spacial score (nSPS) is 11.9. The molecule has 1 atom stereocenters. The number of carboxylic acids is 1. The second kappa shape index (κ2) is 11.2. The molecule has 3 aromatic carbocycles. The number of imidazole rings is 1. The van der Waals surface area contributed by atoms with Crippen LogP contribution in [0.5, 0.6) is 0 Å². The summed E-state index contributed by atoms with van der Waals surface area (Å²) < 4.78 is 6.88. The van der Waals surface area contributed by atoms with E-state index in [0.29, 0.717) is 5.69 Å². The molecule has 0 unspecified atom stereocenters. The zero-order valence-electron chi connectivity index (χ0n) is 19.7. The quantitative estimate of drug-likeness (QED) is 0.254. The lowest BCUT2D eigenvalue weighted by Gasteiger charge is -2.37. The van der Waals surface area contributed by atoms with Crippen molar-refractivity contribution in [3.63, 3.8) is 0 Å². The highest BCUT2D eigenvalue weighted by Crippen LogP contribution is 2.40. The lowest BCUT2D eigenvalue weighted by molar-refractivity contribution is -0.139. The lowest BCUT2D eigenvalue weighted by Crippen LogP contribution is -2.42. The number of rotatable bonds is 10. The largest absolute Gasteiger partial charge is 0.480 e. The fourth-order valence-corrected chi connectivity index (χ4v) is 4.37. The Morgan fingerprint density at radius 1 is 0.944 bits per heavy atom. The van der Waals surface area contributed by atoms with Crippen LogP contribution in [0.4, 0.5) is 4.79 Å². The van der Waals surface area contributed by atoms with Gasteiger partial charge in [0.25, 0.3) is 0 Å². The highest BCUT2D eigenvalue weighted by Gasteiger charge is 2.38. The number of alkyl carbamates (subject to hydrolysis) is 1. The molecular weight excluding hydrogens is 454 g/mol. The minimum atomic E-state index is -1.20. The molecule has 4 rings (SSSR count). The number of aromatic nitrogens is 2. The summed E-state index contributed by atoms with van der Waals surface area (Å²) in [5, 5.41) is 12.1. The summed E-state index contributed by atoms with van der Waals surface area (Å²) in [5.41, 5.74) is 2.81. The summed E-state index contributed by atoms with van der Waals surface area (Å²) in [6.45, 7) is 3.47. The Kier molecular flexibility index (Phi) is 7.60. The van der Waals surface area contributed by atoms with E-state index in [-0.39, 0.29) is 13.0 Å². The third kappa shape index (κ3) is 5.05. The molecule has 1 amide bonds. The van der Waals surface area contributed by atoms with E-state index >= 15 is 0 Å². The number of carbonyl (C=O) groups excluding carboxylic acids is 1. The van der Waals surface area contributed by atoms with Crippen LogP contribution in [0.25, 0.3) is 0 Å². The Bertz CT molecular complexity index is 1210. The standard InChI is InChI=1S/C29H27N3O4/c1-2-18-36-28(35)31-26(27(33)34)19-25-20-32(21-30-25)29(22-12-6-3-7-13-22,23-14-8-4-9-15-23)24-16-10-5-11-17-24/h2-17,20-21,26H,1,18-19H2,(H,31,35)(H,33,34)/t26-/m0/s1. The highest BCUT2D eigenvalue weighted by atomic mass is 16.5. The molecule has 0 saturated carbocycles. The van der Waals surface area contributed by atoms with Crippen molar-refractivity contribution in [2.24, 2.45) is 0 Å². The molecule has 7 nitrogen and oxygen atoms in total. The summed E-state index contributed by atoms with van der Waals surface area (Å²) in [7, 11) is 0. The number of nitrogens with one attached hydrogen (secondary N) is 1. The first-order valence-electron chi connectivity index (χ1n) is 11.5. The Labute approximate surface area is 209 Å². The van der Waals surface area contributed by atoms with Crippen molar-refractivity contribution in [1.29, 1.82) is 0 Å². The number of carbonyl (C=O) groups is 2. The molecule has 0 fully saturated rings. The lowest BCUT2D eigenvalue weighted by atomic mass is 9.77. The molecule has 1 aromatic heterocycles. The van der Waals surface area contributed by atoms with Crippen LogP contribution >= 0.6 is 0 Å². The summed E-state index contributed by atoms with van der Waals surface area (Å²) in [6, 6.07) is 29.1. The van der Waals surface area contributed by atoms with Gasteiger partial charge in [-0.2, -0.15) is 0 Å². The van der Waals surface area contributed by atoms with Crippen LogP contribution in [-0.4, -0.2) is 39.4 Å². The van der Waals surface area contributed by atoms with Gasteiger partial charge in [0, 0.05) is 12.6 Å². The van der Waals surface area contributed by atoms with Crippen LogP contribution in [0, 0.1) is 0 Å². The van der Waals surface area contributed by atoms with Gasteiger partial charge in [0.2, 0.25) is 0 Å². The van der Waals surface area contributed by atoms with Gasteiger partial charge >= 0.3 is 12.1 Å². The Morgan fingerprint density at radius 3 is 1.89 bits per heavy atom. The summed E-state index contributed by atoms with van der Waals surface area (Å²) in [4.78, 5) is 28.4. The number of carboxylic acid groups (broad SMARTS) is 1. The van der Waals surface area contributed by atoms with Gasteiger partial charge in [-0.15, -0.1) is 0 Å². The van der Waals surface area contributed by atoms with E-state index in [1.54, 1.807) is 6.33 Å². The summed E-state index contributed by atoms with van der Waals surface area (Å²) >= 11 is 0. The second-order valence-electron chi connectivity index (χ2n) is 8.21. The average Bonchev–Trinajstić information content (AvgIpc) is 3.38. The molecule has 0 aliphatic carbocycles. The highest BCUT2D eigenvalue weighted by molar-refractivity contribution is 5.80. The molecule has 182 valence electrons.